The summed E-state index contributed by atoms with van der Waals surface area (Å²) >= 11 is 1.53. The van der Waals surface area contributed by atoms with E-state index in [4.69, 9.17) is 0 Å². The fourth-order valence-electron chi connectivity index (χ4n) is 3.36. The maximum absolute atomic E-state index is 13.1. The number of allylic oxidation sites excluding steroid dienone is 1. The number of ketones is 1. The van der Waals surface area contributed by atoms with Crippen molar-refractivity contribution in [1.82, 2.24) is 5.32 Å². The number of rotatable bonds is 9. The first-order chi connectivity index (χ1) is 18.4. The van der Waals surface area contributed by atoms with Crippen molar-refractivity contribution in [3.05, 3.63) is 140 Å². The fourth-order valence-corrected chi connectivity index (χ4v) is 3.98. The minimum absolute atomic E-state index is 0.0632. The van der Waals surface area contributed by atoms with Crippen molar-refractivity contribution < 1.29 is 19.3 Å². The van der Waals surface area contributed by atoms with E-state index in [9.17, 15) is 24.5 Å². The van der Waals surface area contributed by atoms with E-state index in [1.54, 1.807) is 60.7 Å². The lowest BCUT2D eigenvalue weighted by atomic mass is 10.1. The molecule has 2 amide bonds. The Balaban J connectivity index is 1.52. The zero-order valence-electron chi connectivity index (χ0n) is 19.9. The zero-order valence-corrected chi connectivity index (χ0v) is 20.7. The van der Waals surface area contributed by atoms with E-state index in [1.165, 1.54) is 47.8 Å². The molecule has 1 heterocycles. The smallest absolute Gasteiger partial charge is 0.272 e. The van der Waals surface area contributed by atoms with Crippen LogP contribution in [-0.2, 0) is 4.79 Å². The number of nitro benzene ring substituents is 1. The third kappa shape index (κ3) is 6.96. The summed E-state index contributed by atoms with van der Waals surface area (Å²) in [7, 11) is 0. The maximum atomic E-state index is 13.1. The average molecular weight is 524 g/mol. The predicted octanol–water partition coefficient (Wildman–Crippen LogP) is 5.96. The summed E-state index contributed by atoms with van der Waals surface area (Å²) in [6.07, 6.45) is 4.66. The van der Waals surface area contributed by atoms with Crippen molar-refractivity contribution in [1.29, 1.82) is 0 Å². The molecule has 0 aliphatic rings. The van der Waals surface area contributed by atoms with Crippen molar-refractivity contribution in [2.45, 2.75) is 0 Å². The van der Waals surface area contributed by atoms with Crippen LogP contribution in [0.15, 0.2) is 108 Å². The highest BCUT2D eigenvalue weighted by molar-refractivity contribution is 7.10. The number of hydrogen-bond donors (Lipinski definition) is 2. The third-order valence-electron chi connectivity index (χ3n) is 5.31. The molecule has 0 aliphatic carbocycles. The molecule has 0 spiro atoms. The van der Waals surface area contributed by atoms with Gasteiger partial charge < -0.3 is 10.6 Å². The van der Waals surface area contributed by atoms with Gasteiger partial charge >= 0.3 is 0 Å². The van der Waals surface area contributed by atoms with Crippen LogP contribution in [0.1, 0.15) is 31.2 Å². The molecule has 38 heavy (non-hydrogen) atoms. The van der Waals surface area contributed by atoms with E-state index in [1.807, 2.05) is 17.5 Å². The number of carbonyl (C=O) groups excluding carboxylic acids is 3. The molecule has 0 saturated carbocycles. The van der Waals surface area contributed by atoms with E-state index in [2.05, 4.69) is 10.6 Å². The van der Waals surface area contributed by atoms with Gasteiger partial charge in [-0.3, -0.25) is 24.5 Å². The number of carbonyl (C=O) groups is 3. The number of nitrogens with one attached hydrogen (secondary N) is 2. The normalized spacial score (nSPS) is 11.2. The molecule has 2 N–H and O–H groups in total. The van der Waals surface area contributed by atoms with Gasteiger partial charge in [-0.25, -0.2) is 0 Å². The maximum Gasteiger partial charge on any atom is 0.272 e. The molecular weight excluding hydrogens is 502 g/mol. The Morgan fingerprint density at radius 1 is 0.816 bits per heavy atom. The van der Waals surface area contributed by atoms with Crippen molar-refractivity contribution in [2.75, 3.05) is 5.32 Å². The Morgan fingerprint density at radius 2 is 1.53 bits per heavy atom. The molecule has 0 unspecified atom stereocenters. The lowest BCUT2D eigenvalue weighted by molar-refractivity contribution is -0.384. The van der Waals surface area contributed by atoms with Crippen LogP contribution in [0.4, 0.5) is 11.4 Å². The molecular formula is C29H21N3O5S. The summed E-state index contributed by atoms with van der Waals surface area (Å²) < 4.78 is 0. The lowest BCUT2D eigenvalue weighted by Gasteiger charge is -2.12. The van der Waals surface area contributed by atoms with Crippen LogP contribution >= 0.6 is 11.3 Å². The quantitative estimate of drug-likeness (QED) is 0.121. The first-order valence-electron chi connectivity index (χ1n) is 11.4. The van der Waals surface area contributed by atoms with Crippen molar-refractivity contribution in [2.24, 2.45) is 0 Å². The summed E-state index contributed by atoms with van der Waals surface area (Å²) in [5, 5.41) is 18.2. The molecule has 4 rings (SSSR count). The second kappa shape index (κ2) is 12.2. The highest BCUT2D eigenvalue weighted by atomic mass is 32.1. The Bertz CT molecular complexity index is 1510. The van der Waals surface area contributed by atoms with Gasteiger partial charge in [0.15, 0.2) is 5.78 Å². The van der Waals surface area contributed by atoms with Gasteiger partial charge in [0, 0.05) is 33.8 Å². The molecule has 4 aromatic rings. The molecule has 0 aliphatic heterocycles. The number of nitrogens with zero attached hydrogens (tertiary/aromatic N) is 1. The van der Waals surface area contributed by atoms with Crippen LogP contribution in [0, 0.1) is 10.1 Å². The molecule has 0 radical (unpaired) electrons. The molecule has 0 saturated heterocycles. The molecule has 188 valence electrons. The fraction of sp³-hybridized carbons (Fsp3) is 0. The third-order valence-corrected chi connectivity index (χ3v) is 6.15. The monoisotopic (exact) mass is 523 g/mol. The lowest BCUT2D eigenvalue weighted by Crippen LogP contribution is -2.30. The summed E-state index contributed by atoms with van der Waals surface area (Å²) in [5.41, 5.74) is 1.54. The average Bonchev–Trinajstić information content (AvgIpc) is 3.46. The Kier molecular flexibility index (Phi) is 8.32. The van der Waals surface area contributed by atoms with E-state index in [0.717, 1.165) is 4.88 Å². The SMILES string of the molecule is O=C(Nc1ccc(C(=O)/C=C/c2cccs2)cc1)/C(=C/c1ccc([N+](=O)[O-])cc1)NC(=O)c1ccccc1. The number of thiophene rings is 1. The molecule has 1 aromatic heterocycles. The highest BCUT2D eigenvalue weighted by Gasteiger charge is 2.16. The summed E-state index contributed by atoms with van der Waals surface area (Å²) in [5.74, 6) is -1.28. The van der Waals surface area contributed by atoms with Crippen molar-refractivity contribution in [3.63, 3.8) is 0 Å². The van der Waals surface area contributed by atoms with Gasteiger partial charge in [-0.1, -0.05) is 24.3 Å². The minimum atomic E-state index is -0.607. The van der Waals surface area contributed by atoms with Gasteiger partial charge in [-0.05, 0) is 83.8 Å². The second-order valence-electron chi connectivity index (χ2n) is 7.97. The molecule has 3 aromatic carbocycles. The van der Waals surface area contributed by atoms with Gasteiger partial charge in [-0.15, -0.1) is 11.3 Å². The molecule has 0 bridgehead atoms. The van der Waals surface area contributed by atoms with Crippen LogP contribution < -0.4 is 10.6 Å². The zero-order chi connectivity index (χ0) is 26.9. The van der Waals surface area contributed by atoms with Crippen molar-refractivity contribution >= 4 is 52.5 Å². The standard InChI is InChI=1S/C29H21N3O5S/c33-27(17-16-25-7-4-18-38-25)21-10-12-23(13-11-21)30-29(35)26(31-28(34)22-5-2-1-3-6-22)19-20-8-14-24(15-9-20)32(36)37/h1-19H,(H,30,35)(H,31,34)/b17-16+,26-19-. The van der Waals surface area contributed by atoms with E-state index in [-0.39, 0.29) is 17.2 Å². The van der Waals surface area contributed by atoms with Gasteiger partial charge in [0.2, 0.25) is 0 Å². The second-order valence-corrected chi connectivity index (χ2v) is 8.95. The summed E-state index contributed by atoms with van der Waals surface area (Å²) in [6.45, 7) is 0. The van der Waals surface area contributed by atoms with Crippen molar-refractivity contribution in [3.8, 4) is 0 Å². The van der Waals surface area contributed by atoms with Crippen LogP contribution in [-0.4, -0.2) is 22.5 Å². The molecule has 9 heteroatoms. The Morgan fingerprint density at radius 3 is 2.16 bits per heavy atom. The van der Waals surface area contributed by atoms with E-state index in [0.29, 0.717) is 22.4 Å². The van der Waals surface area contributed by atoms with Gasteiger partial charge in [-0.2, -0.15) is 0 Å². The van der Waals surface area contributed by atoms with Crippen LogP contribution in [0.25, 0.3) is 12.2 Å². The summed E-state index contributed by atoms with van der Waals surface area (Å²) in [6, 6.07) is 24.1. The minimum Gasteiger partial charge on any atom is -0.321 e. The topological polar surface area (TPSA) is 118 Å². The van der Waals surface area contributed by atoms with Crippen LogP contribution in [0.2, 0.25) is 0 Å². The largest absolute Gasteiger partial charge is 0.321 e. The first-order valence-corrected chi connectivity index (χ1v) is 12.3. The Hall–Kier alpha value is -5.15. The van der Waals surface area contributed by atoms with Crippen LogP contribution in [0.3, 0.4) is 0 Å². The predicted molar refractivity (Wildman–Crippen MR) is 148 cm³/mol. The number of amides is 2. The van der Waals surface area contributed by atoms with Crippen LogP contribution in [0.5, 0.6) is 0 Å². The number of non-ortho nitro benzene ring substituents is 1. The molecule has 0 fully saturated rings. The summed E-state index contributed by atoms with van der Waals surface area (Å²) in [4.78, 5) is 49.7. The highest BCUT2D eigenvalue weighted by Crippen LogP contribution is 2.17. The number of anilines is 1. The van der Waals surface area contributed by atoms with E-state index >= 15 is 0 Å². The number of hydrogen-bond acceptors (Lipinski definition) is 6. The number of nitro groups is 1. The van der Waals surface area contributed by atoms with Gasteiger partial charge in [0.05, 0.1) is 4.92 Å². The van der Waals surface area contributed by atoms with Gasteiger partial charge in [0.25, 0.3) is 17.5 Å². The van der Waals surface area contributed by atoms with E-state index < -0.39 is 16.7 Å². The first kappa shape index (κ1) is 25.9. The molecule has 8 nitrogen and oxygen atoms in total. The Labute approximate surface area is 222 Å². The number of benzene rings is 3. The van der Waals surface area contributed by atoms with Gasteiger partial charge in [0.1, 0.15) is 5.70 Å². The molecule has 0 atom stereocenters.